The molecule has 256 valence electrons. The third kappa shape index (κ3) is 6.35. The van der Waals surface area contributed by atoms with E-state index in [9.17, 15) is 19.2 Å². The number of nitrogens with zero attached hydrogens (tertiary/aromatic N) is 3. The zero-order valence-electron chi connectivity index (χ0n) is 29.5. The van der Waals surface area contributed by atoms with Crippen LogP contribution in [0.1, 0.15) is 84.7 Å². The molecule has 1 unspecified atom stereocenters. The van der Waals surface area contributed by atoms with Crippen molar-refractivity contribution < 1.29 is 14.4 Å². The second kappa shape index (κ2) is 13.2. The predicted octanol–water partition coefficient (Wildman–Crippen LogP) is 4.59. The molecule has 2 aromatic heterocycles. The highest BCUT2D eigenvalue weighted by Crippen LogP contribution is 2.45. The fraction of sp³-hybridized carbons (Fsp3) is 0.486. The minimum Gasteiger partial charge on any atom is -0.351 e. The lowest BCUT2D eigenvalue weighted by molar-refractivity contribution is -0.119. The molecule has 1 saturated heterocycles. The number of carbonyl (C=O) groups excluding carboxylic acids is 3. The summed E-state index contributed by atoms with van der Waals surface area (Å²) in [4.78, 5) is 64.2. The summed E-state index contributed by atoms with van der Waals surface area (Å²) in [5, 5.41) is 6.40. The Labute approximate surface area is 282 Å². The molecule has 0 bridgehead atoms. The summed E-state index contributed by atoms with van der Waals surface area (Å²) in [7, 11) is 0. The van der Waals surface area contributed by atoms with E-state index in [-0.39, 0.29) is 29.8 Å². The minimum absolute atomic E-state index is 0.00454. The number of pyridine rings is 2. The van der Waals surface area contributed by atoms with Crippen molar-refractivity contribution in [3.63, 3.8) is 0 Å². The van der Waals surface area contributed by atoms with E-state index in [0.29, 0.717) is 54.3 Å². The molecule has 4 amide bonds. The number of primary amides is 1. The molecular weight excluding hydrogens is 606 g/mol. The predicted molar refractivity (Wildman–Crippen MR) is 188 cm³/mol. The molecule has 3 heterocycles. The van der Waals surface area contributed by atoms with Gasteiger partial charge in [0, 0.05) is 72.4 Å². The fourth-order valence-electron chi connectivity index (χ4n) is 7.16. The quantitative estimate of drug-likeness (QED) is 0.279. The molecule has 1 aliphatic heterocycles. The van der Waals surface area contributed by atoms with Gasteiger partial charge >= 0.3 is 6.03 Å². The van der Waals surface area contributed by atoms with Crippen LogP contribution in [-0.4, -0.2) is 58.9 Å². The van der Waals surface area contributed by atoms with E-state index >= 15 is 0 Å². The van der Waals surface area contributed by atoms with E-state index in [0.717, 1.165) is 40.9 Å². The number of H-pyrrole nitrogens is 1. The summed E-state index contributed by atoms with van der Waals surface area (Å²) in [6.45, 7) is 17.8. The van der Waals surface area contributed by atoms with Gasteiger partial charge < -0.3 is 31.2 Å². The minimum atomic E-state index is -0.786. The number of aromatic nitrogens is 2. The number of urea groups is 1. The number of benzene rings is 1. The number of aryl methyl sites for hydroxylation is 3. The van der Waals surface area contributed by atoms with Crippen LogP contribution in [0.5, 0.6) is 0 Å². The number of hydrogen-bond donors (Lipinski definition) is 4. The van der Waals surface area contributed by atoms with E-state index in [1.54, 1.807) is 9.80 Å². The van der Waals surface area contributed by atoms with E-state index in [1.807, 2.05) is 65.0 Å². The van der Waals surface area contributed by atoms with E-state index in [1.165, 1.54) is 0 Å². The number of amides is 4. The largest absolute Gasteiger partial charge is 0.351 e. The van der Waals surface area contributed by atoms with E-state index in [4.69, 9.17) is 10.7 Å². The summed E-state index contributed by atoms with van der Waals surface area (Å²) >= 11 is 0. The number of nitrogens with one attached hydrogen (secondary N) is 3. The first-order valence-electron chi connectivity index (χ1n) is 16.8. The summed E-state index contributed by atoms with van der Waals surface area (Å²) in [5.41, 5.74) is 11.3. The molecule has 1 atom stereocenters. The van der Waals surface area contributed by atoms with Gasteiger partial charge in [-0.3, -0.25) is 19.4 Å². The standard InChI is InChI=1S/C37H49N7O4/c1-9-43(34(47)25-10-11-25)30-18-26(17-28(23(30)4)32(45)40-19-29-21(2)16-22(3)41-33(29)46)27-12-13-31(42-24(27)5)37(36(6,7)8)20-39-14-15-44(37)35(38)48/h12-13,16-18,25,39H,9-11,14-15,19-20H2,1-8H3,(H2,38,48)(H,40,45)(H,41,46). The van der Waals surface area contributed by atoms with E-state index in [2.05, 4.69) is 36.4 Å². The Morgan fingerprint density at radius 3 is 2.40 bits per heavy atom. The third-order valence-electron chi connectivity index (χ3n) is 10.0. The van der Waals surface area contributed by atoms with Gasteiger partial charge in [-0.1, -0.05) is 26.8 Å². The van der Waals surface area contributed by atoms with Crippen molar-refractivity contribution in [2.24, 2.45) is 17.1 Å². The van der Waals surface area contributed by atoms with Gasteiger partial charge in [0.1, 0.15) is 5.54 Å². The van der Waals surface area contributed by atoms with Crippen LogP contribution in [0.2, 0.25) is 0 Å². The van der Waals surface area contributed by atoms with Crippen LogP contribution in [-0.2, 0) is 16.9 Å². The molecule has 1 saturated carbocycles. The number of piperazine rings is 1. The SMILES string of the molecule is CCN(C(=O)C1CC1)c1cc(-c2ccc(C3(C(C)(C)C)CNCCN3C(N)=O)nc2C)cc(C(=O)NCc2c(C)cc(C)[nH]c2=O)c1C. The maximum atomic E-state index is 13.9. The second-order valence-corrected chi connectivity index (χ2v) is 14.3. The highest BCUT2D eigenvalue weighted by atomic mass is 16.2. The molecule has 11 heteroatoms. The van der Waals surface area contributed by atoms with Crippen LogP contribution in [0.25, 0.3) is 11.1 Å². The maximum absolute atomic E-state index is 13.9. The molecule has 11 nitrogen and oxygen atoms in total. The molecule has 48 heavy (non-hydrogen) atoms. The summed E-state index contributed by atoms with van der Waals surface area (Å²) in [5.74, 6) is -0.293. The normalized spacial score (nSPS) is 18.0. The number of rotatable bonds is 8. The fourth-order valence-corrected chi connectivity index (χ4v) is 7.16. The van der Waals surface area contributed by atoms with Gasteiger partial charge in [-0.2, -0.15) is 0 Å². The molecule has 2 aliphatic rings. The molecule has 2 fully saturated rings. The maximum Gasteiger partial charge on any atom is 0.315 e. The average molecular weight is 656 g/mol. The van der Waals surface area contributed by atoms with Gasteiger partial charge in [0.2, 0.25) is 5.91 Å². The first kappa shape index (κ1) is 34.8. The van der Waals surface area contributed by atoms with Crippen LogP contribution >= 0.6 is 0 Å². The van der Waals surface area contributed by atoms with Crippen molar-refractivity contribution in [2.75, 3.05) is 31.1 Å². The Bertz CT molecular complexity index is 1820. The lowest BCUT2D eigenvalue weighted by Gasteiger charge is -2.53. The second-order valence-electron chi connectivity index (χ2n) is 14.3. The van der Waals surface area contributed by atoms with Crippen molar-refractivity contribution in [2.45, 2.75) is 80.3 Å². The van der Waals surface area contributed by atoms with Crippen molar-refractivity contribution in [3.05, 3.63) is 80.0 Å². The smallest absolute Gasteiger partial charge is 0.315 e. The lowest BCUT2D eigenvalue weighted by atomic mass is 9.69. The van der Waals surface area contributed by atoms with Gasteiger partial charge in [-0.05, 0) is 93.8 Å². The topological polar surface area (TPSA) is 154 Å². The van der Waals surface area contributed by atoms with Crippen LogP contribution in [0.4, 0.5) is 10.5 Å². The Hall–Kier alpha value is -4.51. The highest BCUT2D eigenvalue weighted by Gasteiger charge is 2.52. The monoisotopic (exact) mass is 655 g/mol. The van der Waals surface area contributed by atoms with Crippen LogP contribution in [0.15, 0.2) is 35.1 Å². The van der Waals surface area contributed by atoms with Crippen molar-refractivity contribution >= 4 is 23.5 Å². The van der Waals surface area contributed by atoms with Gasteiger partial charge in [0.05, 0.1) is 5.69 Å². The molecule has 3 aromatic rings. The van der Waals surface area contributed by atoms with E-state index < -0.39 is 17.0 Å². The Balaban J connectivity index is 1.61. The number of aromatic amines is 1. The zero-order valence-corrected chi connectivity index (χ0v) is 29.5. The van der Waals surface area contributed by atoms with Crippen molar-refractivity contribution in [1.82, 2.24) is 25.5 Å². The number of anilines is 1. The summed E-state index contributed by atoms with van der Waals surface area (Å²) in [6, 6.07) is 9.10. The number of hydrogen-bond acceptors (Lipinski definition) is 6. The first-order valence-corrected chi connectivity index (χ1v) is 16.8. The summed E-state index contributed by atoms with van der Waals surface area (Å²) < 4.78 is 0. The highest BCUT2D eigenvalue weighted by molar-refractivity contribution is 6.03. The average Bonchev–Trinajstić information content (AvgIpc) is 3.87. The molecule has 0 spiro atoms. The summed E-state index contributed by atoms with van der Waals surface area (Å²) in [6.07, 6.45) is 1.73. The van der Waals surface area contributed by atoms with Crippen molar-refractivity contribution in [3.8, 4) is 11.1 Å². The molecule has 0 radical (unpaired) electrons. The lowest BCUT2D eigenvalue weighted by Crippen LogP contribution is -2.67. The number of carbonyl (C=O) groups is 3. The Kier molecular flexibility index (Phi) is 9.56. The zero-order chi connectivity index (χ0) is 35.1. The van der Waals surface area contributed by atoms with Gasteiger partial charge in [-0.15, -0.1) is 0 Å². The van der Waals surface area contributed by atoms with Crippen LogP contribution in [0, 0.1) is 39.0 Å². The van der Waals surface area contributed by atoms with Crippen LogP contribution in [0.3, 0.4) is 0 Å². The van der Waals surface area contributed by atoms with Crippen molar-refractivity contribution in [1.29, 1.82) is 0 Å². The third-order valence-corrected chi connectivity index (χ3v) is 10.0. The first-order chi connectivity index (χ1) is 22.6. The Morgan fingerprint density at radius 2 is 1.81 bits per heavy atom. The number of nitrogens with two attached hydrogens (primary N) is 1. The Morgan fingerprint density at radius 1 is 1.10 bits per heavy atom. The molecule has 5 N–H and O–H groups in total. The molecule has 1 aliphatic carbocycles. The molecule has 5 rings (SSSR count). The molecule has 1 aromatic carbocycles. The van der Waals surface area contributed by atoms with Crippen LogP contribution < -0.4 is 26.8 Å². The van der Waals surface area contributed by atoms with Gasteiger partial charge in [0.15, 0.2) is 0 Å². The van der Waals surface area contributed by atoms with Gasteiger partial charge in [0.25, 0.3) is 11.5 Å². The molecular formula is C37H49N7O4. The van der Waals surface area contributed by atoms with Gasteiger partial charge in [-0.25, -0.2) is 4.79 Å².